The predicted octanol–water partition coefficient (Wildman–Crippen LogP) is 5.93. The molecular weight excluding hydrogens is 805 g/mol. The van der Waals surface area contributed by atoms with Gasteiger partial charge >= 0.3 is 12.1 Å². The Kier molecular flexibility index (Phi) is 10.0. The molecule has 61 heavy (non-hydrogen) atoms. The van der Waals surface area contributed by atoms with Gasteiger partial charge in [-0.05, 0) is 81.8 Å². The minimum Gasteiger partial charge on any atom is -0.507 e. The first-order chi connectivity index (χ1) is 29.2. The number of piperazine rings is 1. The summed E-state index contributed by atoms with van der Waals surface area (Å²) < 4.78 is 41.3. The number of thioether (sulfide) groups is 1. The number of aromatic hydroxyl groups is 2. The smallest absolute Gasteiger partial charge is 0.507 e. The number of rotatable bonds is 5. The van der Waals surface area contributed by atoms with Gasteiger partial charge in [-0.25, -0.2) is 9.59 Å². The third-order valence-corrected chi connectivity index (χ3v) is 14.4. The Bertz CT molecular complexity index is 2410. The van der Waals surface area contributed by atoms with Crippen molar-refractivity contribution >= 4 is 23.9 Å². The molecule has 4 bridgehead atoms. The van der Waals surface area contributed by atoms with Crippen LogP contribution in [0.5, 0.6) is 40.2 Å². The van der Waals surface area contributed by atoms with Gasteiger partial charge in [-0.3, -0.25) is 15.1 Å². The van der Waals surface area contributed by atoms with Crippen LogP contribution < -0.4 is 29.0 Å². The fourth-order valence-electron chi connectivity index (χ4n) is 10.6. The molecule has 3 aromatic carbocycles. The molecule has 2 saturated heterocycles. The summed E-state index contributed by atoms with van der Waals surface area (Å²) in [6, 6.07) is 5.14. The van der Waals surface area contributed by atoms with E-state index in [0.29, 0.717) is 71.0 Å². The normalized spacial score (nSPS) is 27.4. The second-order valence-electron chi connectivity index (χ2n) is 17.4. The Morgan fingerprint density at radius 3 is 2.54 bits per heavy atom. The quantitative estimate of drug-likeness (QED) is 0.156. The molecule has 7 atom stereocenters. The van der Waals surface area contributed by atoms with E-state index < -0.39 is 52.7 Å². The lowest BCUT2D eigenvalue weighted by Crippen LogP contribution is -2.70. The van der Waals surface area contributed by atoms with E-state index in [0.717, 1.165) is 16.7 Å². The number of phenols is 2. The lowest BCUT2D eigenvalue weighted by atomic mass is 9.71. The number of fused-ring (bicyclic) bond motifs is 9. The summed E-state index contributed by atoms with van der Waals surface area (Å²) in [5.41, 5.74) is 3.21. The summed E-state index contributed by atoms with van der Waals surface area (Å²) in [4.78, 5) is 32.2. The number of aryl methyl sites for hydroxylation is 1. The minimum atomic E-state index is -1.43. The molecule has 16 heteroatoms. The zero-order valence-electron chi connectivity index (χ0n) is 35.2. The number of ether oxygens (including phenoxy) is 7. The maximum absolute atomic E-state index is 15.0. The summed E-state index contributed by atoms with van der Waals surface area (Å²) in [5, 5.41) is 38.8. The van der Waals surface area contributed by atoms with Crippen molar-refractivity contribution in [2.75, 3.05) is 46.5 Å². The number of phenolic OH excluding ortho intramolecular Hbond substituents is 2. The van der Waals surface area contributed by atoms with E-state index in [1.165, 1.54) is 26.0 Å². The van der Waals surface area contributed by atoms with Crippen molar-refractivity contribution in [1.29, 1.82) is 5.26 Å². The van der Waals surface area contributed by atoms with Gasteiger partial charge in [0.25, 0.3) is 0 Å². The van der Waals surface area contributed by atoms with Crippen molar-refractivity contribution in [2.24, 2.45) is 0 Å². The van der Waals surface area contributed by atoms with E-state index >= 15 is 0 Å². The second kappa shape index (κ2) is 14.9. The van der Waals surface area contributed by atoms with Crippen molar-refractivity contribution in [3.05, 3.63) is 75.4 Å². The van der Waals surface area contributed by atoms with Crippen LogP contribution in [0.15, 0.2) is 30.9 Å². The molecule has 7 aliphatic heterocycles. The van der Waals surface area contributed by atoms with Gasteiger partial charge < -0.3 is 43.4 Å². The molecule has 2 fully saturated rings. The third kappa shape index (κ3) is 6.18. The standard InChI is InChI=1S/C45H50N4O11S/c1-9-12-48-26-14-24-13-21(2)38(55-8)37(51)31(24)34(48)35-41-33-32(40-39(57-20-58-40)22(3)36(33)50)28(49(35)27(26)17-46)18-56-42(52)45(19-61-41)25-16-29(54-7)30(15-23(25)10-11-47-45)59-43(53)60-44(4,5)6/h9,13,15-16,26-28,34-35,41,47,50-51H,1,10-12,14,18-20H2,2-8H3/t26?,27-,28-,34?,35?,41+,45+/m0/s1. The fraction of sp³-hybridized carbons (Fsp3) is 0.489. The summed E-state index contributed by atoms with van der Waals surface area (Å²) >= 11 is 1.45. The van der Waals surface area contributed by atoms with E-state index in [4.69, 9.17) is 33.2 Å². The molecule has 3 N–H and O–H groups in total. The van der Waals surface area contributed by atoms with Gasteiger partial charge in [0.1, 0.15) is 24.0 Å². The molecule has 0 saturated carbocycles. The number of benzene rings is 3. The van der Waals surface area contributed by atoms with E-state index in [9.17, 15) is 25.1 Å². The summed E-state index contributed by atoms with van der Waals surface area (Å²) in [7, 11) is 2.99. The van der Waals surface area contributed by atoms with Crippen LogP contribution in [0, 0.1) is 25.2 Å². The fourth-order valence-corrected chi connectivity index (χ4v) is 12.3. The first-order valence-electron chi connectivity index (χ1n) is 20.4. The summed E-state index contributed by atoms with van der Waals surface area (Å²) in [6.45, 7) is 13.5. The number of hydrogen-bond donors (Lipinski definition) is 3. The van der Waals surface area contributed by atoms with Crippen molar-refractivity contribution < 1.29 is 53.0 Å². The number of carbonyl (C=O) groups is 2. The van der Waals surface area contributed by atoms with Crippen LogP contribution in [0.4, 0.5) is 4.79 Å². The van der Waals surface area contributed by atoms with Crippen molar-refractivity contribution in [2.45, 2.75) is 94.1 Å². The van der Waals surface area contributed by atoms with Gasteiger partial charge in [-0.15, -0.1) is 18.3 Å². The number of esters is 1. The Labute approximate surface area is 358 Å². The molecule has 10 rings (SSSR count). The van der Waals surface area contributed by atoms with Gasteiger partial charge in [0, 0.05) is 53.2 Å². The Balaban J connectivity index is 1.25. The maximum atomic E-state index is 15.0. The zero-order valence-corrected chi connectivity index (χ0v) is 36.1. The number of nitrogens with zero attached hydrogens (tertiary/aromatic N) is 3. The molecule has 7 heterocycles. The van der Waals surface area contributed by atoms with Gasteiger partial charge in [-0.2, -0.15) is 5.26 Å². The summed E-state index contributed by atoms with van der Waals surface area (Å²) in [5.74, 6) is 1.20. The van der Waals surface area contributed by atoms with Crippen LogP contribution in [0.2, 0.25) is 0 Å². The van der Waals surface area contributed by atoms with Crippen LogP contribution in [0.25, 0.3) is 0 Å². The molecule has 3 unspecified atom stereocenters. The zero-order chi connectivity index (χ0) is 43.3. The molecule has 0 aromatic heterocycles. The van der Waals surface area contributed by atoms with Gasteiger partial charge in [-0.1, -0.05) is 12.1 Å². The van der Waals surface area contributed by atoms with Crippen LogP contribution >= 0.6 is 11.8 Å². The topological polar surface area (TPSA) is 182 Å². The lowest BCUT2D eigenvalue weighted by molar-refractivity contribution is -0.157. The Morgan fingerprint density at radius 2 is 1.84 bits per heavy atom. The molecule has 0 aliphatic carbocycles. The first kappa shape index (κ1) is 41.0. The number of nitriles is 1. The highest BCUT2D eigenvalue weighted by Gasteiger charge is 2.62. The van der Waals surface area contributed by atoms with Gasteiger partial charge in [0.15, 0.2) is 40.0 Å². The van der Waals surface area contributed by atoms with E-state index in [1.54, 1.807) is 39.8 Å². The molecule has 322 valence electrons. The van der Waals surface area contributed by atoms with Crippen LogP contribution in [-0.4, -0.2) is 102 Å². The average Bonchev–Trinajstić information content (AvgIpc) is 3.70. The minimum absolute atomic E-state index is 0.0249. The molecule has 1 spiro atoms. The second-order valence-corrected chi connectivity index (χ2v) is 18.5. The number of carbonyl (C=O) groups excluding carboxylic acids is 2. The molecular formula is C45H50N4O11S. The number of nitrogens with one attached hydrogen (secondary N) is 1. The third-order valence-electron chi connectivity index (χ3n) is 12.9. The highest BCUT2D eigenvalue weighted by Crippen LogP contribution is 2.64. The highest BCUT2D eigenvalue weighted by atomic mass is 32.2. The molecule has 15 nitrogen and oxygen atoms in total. The van der Waals surface area contributed by atoms with E-state index in [2.05, 4.69) is 27.8 Å². The average molecular weight is 855 g/mol. The monoisotopic (exact) mass is 854 g/mol. The predicted molar refractivity (Wildman–Crippen MR) is 223 cm³/mol. The molecule has 0 amide bonds. The van der Waals surface area contributed by atoms with Crippen LogP contribution in [-0.2, 0) is 32.6 Å². The van der Waals surface area contributed by atoms with Crippen molar-refractivity contribution in [3.63, 3.8) is 0 Å². The lowest BCUT2D eigenvalue weighted by Gasteiger charge is -2.62. The van der Waals surface area contributed by atoms with Gasteiger partial charge in [0.2, 0.25) is 6.79 Å². The summed E-state index contributed by atoms with van der Waals surface area (Å²) in [6.07, 6.45) is 1.88. The number of hydrogen-bond acceptors (Lipinski definition) is 16. The SMILES string of the molecule is C=CCN1C2c3c(cc(C)c(OC)c3O)CC1[C@H](C#N)N1C2[C@@H]2SC[C@]3(NCCc4cc(OC(=O)OC(C)(C)C)c(OC)cc43)C(=O)OC[C@H]1c1c3c(c(C)c(O)c12)OCO3. The highest BCUT2D eigenvalue weighted by molar-refractivity contribution is 7.99. The van der Waals surface area contributed by atoms with E-state index in [-0.39, 0.29) is 48.2 Å². The van der Waals surface area contributed by atoms with Gasteiger partial charge in [0.05, 0.1) is 37.6 Å². The first-order valence-corrected chi connectivity index (χ1v) is 21.5. The largest absolute Gasteiger partial charge is 0.514 e. The van der Waals surface area contributed by atoms with Crippen LogP contribution in [0.1, 0.15) is 82.6 Å². The molecule has 0 radical (unpaired) electrons. The van der Waals surface area contributed by atoms with E-state index in [1.807, 2.05) is 19.1 Å². The Morgan fingerprint density at radius 1 is 1.07 bits per heavy atom. The van der Waals surface area contributed by atoms with Crippen molar-refractivity contribution in [1.82, 2.24) is 15.1 Å². The molecule has 3 aromatic rings. The van der Waals surface area contributed by atoms with Crippen LogP contribution in [0.3, 0.4) is 0 Å². The Hall–Kier alpha value is -5.34. The maximum Gasteiger partial charge on any atom is 0.514 e. The van der Waals surface area contributed by atoms with Crippen molar-refractivity contribution in [3.8, 4) is 46.3 Å². The molecule has 7 aliphatic rings. The number of methoxy groups -OCH3 is 2.